The van der Waals surface area contributed by atoms with Gasteiger partial charge in [0.1, 0.15) is 18.1 Å². The van der Waals surface area contributed by atoms with E-state index in [1.807, 2.05) is 49.4 Å². The molecule has 5 rings (SSSR count). The molecule has 204 valence electrons. The number of hydrogen-bond donors (Lipinski definition) is 1. The van der Waals surface area contributed by atoms with Gasteiger partial charge in [0, 0.05) is 28.7 Å². The smallest absolute Gasteiger partial charge is 0.259 e. The van der Waals surface area contributed by atoms with Crippen molar-refractivity contribution in [2.45, 2.75) is 39.3 Å². The molecule has 2 heterocycles. The van der Waals surface area contributed by atoms with Gasteiger partial charge in [0.05, 0.1) is 23.9 Å². The molecule has 0 saturated carbocycles. The number of aromatic nitrogens is 2. The standard InChI is InChI=1S/C31H35ClN4O3/c1-21-27-9-7-25(18-29(27)36(34-21)16-13-22-11-14-35(2)15-12-22)33-31(37)28-10-8-26(19-30(28)38-3)39-20-23-5-4-6-24(32)17-23/h4-10,17-19,22H,11-16,20H2,1-3H3,(H,33,37). The van der Waals surface area contributed by atoms with E-state index in [-0.39, 0.29) is 5.91 Å². The van der Waals surface area contributed by atoms with Crippen LogP contribution >= 0.6 is 11.6 Å². The van der Waals surface area contributed by atoms with Crippen LogP contribution in [0.5, 0.6) is 11.5 Å². The molecule has 4 aromatic rings. The van der Waals surface area contributed by atoms with Crippen LogP contribution in [-0.2, 0) is 13.2 Å². The van der Waals surface area contributed by atoms with Gasteiger partial charge in [0.25, 0.3) is 5.91 Å². The van der Waals surface area contributed by atoms with Crippen molar-refractivity contribution in [3.8, 4) is 11.5 Å². The van der Waals surface area contributed by atoms with Gasteiger partial charge in [0.2, 0.25) is 0 Å². The number of fused-ring (bicyclic) bond motifs is 1. The van der Waals surface area contributed by atoms with Gasteiger partial charge in [-0.05, 0) is 100 Å². The Morgan fingerprint density at radius 3 is 2.69 bits per heavy atom. The zero-order chi connectivity index (χ0) is 27.4. The fourth-order valence-corrected chi connectivity index (χ4v) is 5.40. The average Bonchev–Trinajstić information content (AvgIpc) is 3.25. The summed E-state index contributed by atoms with van der Waals surface area (Å²) in [4.78, 5) is 15.6. The summed E-state index contributed by atoms with van der Waals surface area (Å²) in [7, 11) is 3.74. The Bertz CT molecular complexity index is 1460. The lowest BCUT2D eigenvalue weighted by atomic mass is 9.94. The van der Waals surface area contributed by atoms with E-state index in [4.69, 9.17) is 26.2 Å². The molecule has 0 radical (unpaired) electrons. The third-order valence-electron chi connectivity index (χ3n) is 7.49. The summed E-state index contributed by atoms with van der Waals surface area (Å²) in [6, 6.07) is 18.7. The molecule has 1 aromatic heterocycles. The molecule has 0 aliphatic carbocycles. The first kappa shape index (κ1) is 27.0. The number of nitrogens with zero attached hydrogens (tertiary/aromatic N) is 3. The van der Waals surface area contributed by atoms with Crippen molar-refractivity contribution in [2.24, 2.45) is 5.92 Å². The second-order valence-corrected chi connectivity index (χ2v) is 10.7. The highest BCUT2D eigenvalue weighted by molar-refractivity contribution is 6.30. The lowest BCUT2D eigenvalue weighted by Gasteiger charge is -2.28. The van der Waals surface area contributed by atoms with Crippen LogP contribution < -0.4 is 14.8 Å². The summed E-state index contributed by atoms with van der Waals surface area (Å²) in [6.45, 7) is 5.60. The number of aryl methyl sites for hydroxylation is 2. The Balaban J connectivity index is 1.27. The number of likely N-dealkylation sites (tertiary alicyclic amines) is 1. The van der Waals surface area contributed by atoms with Crippen LogP contribution in [0.1, 0.15) is 40.9 Å². The molecule has 1 amide bonds. The number of carbonyl (C=O) groups is 1. The minimum absolute atomic E-state index is 0.248. The van der Waals surface area contributed by atoms with Crippen molar-refractivity contribution in [1.82, 2.24) is 14.7 Å². The van der Waals surface area contributed by atoms with Crippen LogP contribution in [0.4, 0.5) is 5.69 Å². The van der Waals surface area contributed by atoms with Crippen LogP contribution in [0.3, 0.4) is 0 Å². The molecule has 0 spiro atoms. The van der Waals surface area contributed by atoms with E-state index in [0.29, 0.717) is 28.7 Å². The zero-order valence-corrected chi connectivity index (χ0v) is 23.5. The third kappa shape index (κ3) is 6.54. The molecular weight excluding hydrogens is 512 g/mol. The molecular formula is C31H35ClN4O3. The lowest BCUT2D eigenvalue weighted by Crippen LogP contribution is -2.30. The van der Waals surface area contributed by atoms with Crippen molar-refractivity contribution >= 4 is 34.1 Å². The Morgan fingerprint density at radius 1 is 1.10 bits per heavy atom. The number of piperidine rings is 1. The van der Waals surface area contributed by atoms with E-state index in [1.54, 1.807) is 25.3 Å². The zero-order valence-electron chi connectivity index (χ0n) is 22.7. The monoisotopic (exact) mass is 546 g/mol. The van der Waals surface area contributed by atoms with E-state index in [1.165, 1.54) is 12.8 Å². The van der Waals surface area contributed by atoms with E-state index < -0.39 is 0 Å². The fourth-order valence-electron chi connectivity index (χ4n) is 5.18. The first-order valence-corrected chi connectivity index (χ1v) is 13.8. The number of nitrogens with one attached hydrogen (secondary N) is 1. The highest BCUT2D eigenvalue weighted by atomic mass is 35.5. The van der Waals surface area contributed by atoms with Gasteiger partial charge in [-0.2, -0.15) is 5.10 Å². The number of ether oxygens (including phenoxy) is 2. The van der Waals surface area contributed by atoms with Crippen molar-refractivity contribution in [2.75, 3.05) is 32.6 Å². The number of halogens is 1. The number of methoxy groups -OCH3 is 1. The number of anilines is 1. The quantitative estimate of drug-likeness (QED) is 0.257. The van der Waals surface area contributed by atoms with Crippen molar-refractivity contribution in [3.05, 3.63) is 82.5 Å². The maximum atomic E-state index is 13.2. The largest absolute Gasteiger partial charge is 0.496 e. The minimum Gasteiger partial charge on any atom is -0.496 e. The molecule has 1 fully saturated rings. The maximum absolute atomic E-state index is 13.2. The first-order chi connectivity index (χ1) is 18.9. The number of rotatable bonds is 9. The van der Waals surface area contributed by atoms with Gasteiger partial charge >= 0.3 is 0 Å². The molecule has 1 saturated heterocycles. The van der Waals surface area contributed by atoms with E-state index in [9.17, 15) is 4.79 Å². The van der Waals surface area contributed by atoms with Crippen LogP contribution in [0.2, 0.25) is 5.02 Å². The van der Waals surface area contributed by atoms with Gasteiger partial charge in [-0.25, -0.2) is 0 Å². The first-order valence-electron chi connectivity index (χ1n) is 13.4. The van der Waals surface area contributed by atoms with Crippen molar-refractivity contribution < 1.29 is 14.3 Å². The fraction of sp³-hybridized carbons (Fsp3) is 0.355. The normalized spacial score (nSPS) is 14.5. The topological polar surface area (TPSA) is 68.6 Å². The van der Waals surface area contributed by atoms with Crippen LogP contribution in [0, 0.1) is 12.8 Å². The van der Waals surface area contributed by atoms with Gasteiger partial charge in [-0.1, -0.05) is 23.7 Å². The molecule has 8 heteroatoms. The SMILES string of the molecule is COc1cc(OCc2cccc(Cl)c2)ccc1C(=O)Nc1ccc2c(C)nn(CCC3CCN(C)CC3)c2c1. The van der Waals surface area contributed by atoms with Gasteiger partial charge < -0.3 is 19.7 Å². The van der Waals surface area contributed by atoms with Gasteiger partial charge in [0.15, 0.2) is 0 Å². The van der Waals surface area contributed by atoms with Crippen LogP contribution in [0.15, 0.2) is 60.7 Å². The summed E-state index contributed by atoms with van der Waals surface area (Å²) < 4.78 is 13.5. The van der Waals surface area contributed by atoms with Gasteiger partial charge in [-0.3, -0.25) is 9.48 Å². The number of amides is 1. The summed E-state index contributed by atoms with van der Waals surface area (Å²) in [5.41, 5.74) is 4.15. The lowest BCUT2D eigenvalue weighted by molar-refractivity contribution is 0.102. The molecule has 0 atom stereocenters. The second-order valence-electron chi connectivity index (χ2n) is 10.3. The Hall–Kier alpha value is -3.55. The molecule has 1 aliphatic rings. The van der Waals surface area contributed by atoms with Crippen LogP contribution in [-0.4, -0.2) is 47.8 Å². The molecule has 0 bridgehead atoms. The molecule has 1 N–H and O–H groups in total. The maximum Gasteiger partial charge on any atom is 0.259 e. The van der Waals surface area contributed by atoms with E-state index >= 15 is 0 Å². The van der Waals surface area contributed by atoms with Crippen molar-refractivity contribution in [3.63, 3.8) is 0 Å². The highest BCUT2D eigenvalue weighted by Gasteiger charge is 2.18. The summed E-state index contributed by atoms with van der Waals surface area (Å²) in [5, 5.41) is 9.60. The van der Waals surface area contributed by atoms with Gasteiger partial charge in [-0.15, -0.1) is 0 Å². The summed E-state index contributed by atoms with van der Waals surface area (Å²) >= 11 is 6.06. The van der Waals surface area contributed by atoms with Crippen molar-refractivity contribution in [1.29, 1.82) is 0 Å². The highest BCUT2D eigenvalue weighted by Crippen LogP contribution is 2.29. The average molecular weight is 547 g/mol. The third-order valence-corrected chi connectivity index (χ3v) is 7.73. The predicted octanol–water partition coefficient (Wildman–Crippen LogP) is 6.57. The number of benzene rings is 3. The predicted molar refractivity (Wildman–Crippen MR) is 156 cm³/mol. The van der Waals surface area contributed by atoms with E-state index in [2.05, 4.69) is 21.9 Å². The molecule has 0 unspecified atom stereocenters. The number of hydrogen-bond acceptors (Lipinski definition) is 5. The summed E-state index contributed by atoms with van der Waals surface area (Å²) in [6.07, 6.45) is 3.59. The minimum atomic E-state index is -0.248. The molecule has 1 aliphatic heterocycles. The summed E-state index contributed by atoms with van der Waals surface area (Å²) in [5.74, 6) is 1.53. The molecule has 7 nitrogen and oxygen atoms in total. The number of carbonyl (C=O) groups excluding carboxylic acids is 1. The second kappa shape index (κ2) is 12.1. The molecule has 39 heavy (non-hydrogen) atoms. The Labute approximate surface area is 234 Å². The van der Waals surface area contributed by atoms with Crippen LogP contribution in [0.25, 0.3) is 10.9 Å². The molecule has 3 aromatic carbocycles. The Kier molecular flexibility index (Phi) is 8.38. The van der Waals surface area contributed by atoms with E-state index in [0.717, 1.165) is 59.8 Å². The Morgan fingerprint density at radius 2 is 1.92 bits per heavy atom.